The van der Waals surface area contributed by atoms with Crippen molar-refractivity contribution in [3.63, 3.8) is 0 Å². The van der Waals surface area contributed by atoms with Crippen LogP contribution in [0.3, 0.4) is 0 Å². The predicted molar refractivity (Wildman–Crippen MR) is 50.2 cm³/mol. The Labute approximate surface area is 81.8 Å². The number of nitrogen functional groups attached to an aromatic ring is 1. The van der Waals surface area contributed by atoms with Gasteiger partial charge in [-0.05, 0) is 40.8 Å². The van der Waals surface area contributed by atoms with Gasteiger partial charge in [0.1, 0.15) is 5.75 Å². The minimum absolute atomic E-state index is 0.128. The van der Waals surface area contributed by atoms with Crippen molar-refractivity contribution in [1.29, 1.82) is 0 Å². The molecule has 0 amide bonds. The van der Waals surface area contributed by atoms with E-state index in [0.29, 0.717) is 9.26 Å². The fourth-order valence-electron chi connectivity index (χ4n) is 0.684. The Balaban J connectivity index is 2.82. The standard InChI is InChI=1S/C7H6F2INO/c8-7(9)12-4-1-2-6(11)5(10)3-4/h1-3,7H,11H2. The Morgan fingerprint density at radius 1 is 1.42 bits per heavy atom. The third-order valence-electron chi connectivity index (χ3n) is 1.20. The van der Waals surface area contributed by atoms with Crippen LogP contribution in [0, 0.1) is 3.57 Å². The predicted octanol–water partition coefficient (Wildman–Crippen LogP) is 2.47. The van der Waals surface area contributed by atoms with Crippen LogP contribution in [0.5, 0.6) is 5.75 Å². The molecule has 0 radical (unpaired) electrons. The molecule has 0 bridgehead atoms. The Kier molecular flexibility index (Phi) is 3.07. The summed E-state index contributed by atoms with van der Waals surface area (Å²) in [4.78, 5) is 0. The number of ether oxygens (including phenoxy) is 1. The van der Waals surface area contributed by atoms with Gasteiger partial charge in [-0.25, -0.2) is 0 Å². The molecule has 0 aliphatic carbocycles. The van der Waals surface area contributed by atoms with Gasteiger partial charge in [-0.1, -0.05) is 0 Å². The van der Waals surface area contributed by atoms with Gasteiger partial charge in [-0.3, -0.25) is 0 Å². The largest absolute Gasteiger partial charge is 0.435 e. The Morgan fingerprint density at radius 2 is 2.08 bits per heavy atom. The Bertz CT molecular complexity index is 280. The van der Waals surface area contributed by atoms with E-state index in [1.807, 2.05) is 22.6 Å². The van der Waals surface area contributed by atoms with Crippen LogP contribution in [0.2, 0.25) is 0 Å². The molecule has 66 valence electrons. The van der Waals surface area contributed by atoms with Crippen molar-refractivity contribution < 1.29 is 13.5 Å². The average molecular weight is 285 g/mol. The summed E-state index contributed by atoms with van der Waals surface area (Å²) in [5.74, 6) is 0.128. The number of hydrogen-bond acceptors (Lipinski definition) is 2. The molecular formula is C7H6F2INO. The zero-order valence-electron chi connectivity index (χ0n) is 5.93. The molecule has 2 N–H and O–H groups in total. The van der Waals surface area contributed by atoms with Gasteiger partial charge in [0, 0.05) is 9.26 Å². The molecule has 1 rings (SSSR count). The molecule has 5 heteroatoms. The highest BCUT2D eigenvalue weighted by molar-refractivity contribution is 14.1. The molecule has 0 aliphatic rings. The summed E-state index contributed by atoms with van der Waals surface area (Å²) < 4.78 is 28.2. The van der Waals surface area contributed by atoms with Gasteiger partial charge in [-0.15, -0.1) is 0 Å². The first kappa shape index (κ1) is 9.50. The van der Waals surface area contributed by atoms with Crippen molar-refractivity contribution in [2.75, 3.05) is 5.73 Å². The molecule has 0 aliphatic heterocycles. The first-order valence-electron chi connectivity index (χ1n) is 3.09. The lowest BCUT2D eigenvalue weighted by Crippen LogP contribution is -2.02. The lowest BCUT2D eigenvalue weighted by atomic mass is 10.3. The summed E-state index contributed by atoms with van der Waals surface area (Å²) >= 11 is 1.95. The molecule has 12 heavy (non-hydrogen) atoms. The van der Waals surface area contributed by atoms with Crippen LogP contribution in [-0.2, 0) is 0 Å². The van der Waals surface area contributed by atoms with E-state index in [-0.39, 0.29) is 5.75 Å². The molecule has 2 nitrogen and oxygen atoms in total. The van der Waals surface area contributed by atoms with Crippen LogP contribution >= 0.6 is 22.6 Å². The molecule has 0 spiro atoms. The molecule has 1 aromatic rings. The first-order valence-corrected chi connectivity index (χ1v) is 4.17. The molecule has 0 atom stereocenters. The second-order valence-corrected chi connectivity index (χ2v) is 3.22. The SMILES string of the molecule is Nc1ccc(OC(F)F)cc1I. The molecule has 0 aromatic heterocycles. The minimum Gasteiger partial charge on any atom is -0.435 e. The van der Waals surface area contributed by atoms with Crippen molar-refractivity contribution in [3.05, 3.63) is 21.8 Å². The Morgan fingerprint density at radius 3 is 2.58 bits per heavy atom. The zero-order chi connectivity index (χ0) is 9.14. The number of nitrogens with two attached hydrogens (primary N) is 1. The second-order valence-electron chi connectivity index (χ2n) is 2.06. The number of halogens is 3. The van der Waals surface area contributed by atoms with Gasteiger partial charge < -0.3 is 10.5 Å². The van der Waals surface area contributed by atoms with E-state index in [4.69, 9.17) is 5.73 Å². The lowest BCUT2D eigenvalue weighted by molar-refractivity contribution is -0.0498. The summed E-state index contributed by atoms with van der Waals surface area (Å²) in [6, 6.07) is 4.39. The lowest BCUT2D eigenvalue weighted by Gasteiger charge is -2.05. The second kappa shape index (κ2) is 3.88. The molecule has 0 heterocycles. The van der Waals surface area contributed by atoms with Crippen molar-refractivity contribution in [1.82, 2.24) is 0 Å². The van der Waals surface area contributed by atoms with Gasteiger partial charge in [0.25, 0.3) is 0 Å². The van der Waals surface area contributed by atoms with Crippen molar-refractivity contribution in [2.45, 2.75) is 6.61 Å². The highest BCUT2D eigenvalue weighted by Gasteiger charge is 2.04. The fraction of sp³-hybridized carbons (Fsp3) is 0.143. The van der Waals surface area contributed by atoms with E-state index in [1.165, 1.54) is 18.2 Å². The third-order valence-corrected chi connectivity index (χ3v) is 2.13. The fourth-order valence-corrected chi connectivity index (χ4v) is 1.17. The van der Waals surface area contributed by atoms with E-state index in [1.54, 1.807) is 0 Å². The van der Waals surface area contributed by atoms with Crippen LogP contribution in [0.25, 0.3) is 0 Å². The van der Waals surface area contributed by atoms with E-state index >= 15 is 0 Å². The molecule has 0 saturated carbocycles. The molecule has 1 aromatic carbocycles. The van der Waals surface area contributed by atoms with E-state index in [0.717, 1.165) is 0 Å². The number of hydrogen-bond donors (Lipinski definition) is 1. The Hall–Kier alpha value is -0.590. The van der Waals surface area contributed by atoms with Gasteiger partial charge in [0.15, 0.2) is 0 Å². The number of anilines is 1. The highest BCUT2D eigenvalue weighted by atomic mass is 127. The smallest absolute Gasteiger partial charge is 0.387 e. The summed E-state index contributed by atoms with van der Waals surface area (Å²) in [6.07, 6.45) is 0. The van der Waals surface area contributed by atoms with Gasteiger partial charge >= 0.3 is 6.61 Å². The van der Waals surface area contributed by atoms with E-state index in [9.17, 15) is 8.78 Å². The normalized spacial score (nSPS) is 10.3. The molecule has 0 saturated heterocycles. The number of rotatable bonds is 2. The van der Waals surface area contributed by atoms with Crippen LogP contribution < -0.4 is 10.5 Å². The zero-order valence-corrected chi connectivity index (χ0v) is 8.09. The average Bonchev–Trinajstić information content (AvgIpc) is 1.96. The molecule has 0 unspecified atom stereocenters. The maximum Gasteiger partial charge on any atom is 0.387 e. The summed E-state index contributed by atoms with van der Waals surface area (Å²) in [7, 11) is 0. The quantitative estimate of drug-likeness (QED) is 0.669. The molecular weight excluding hydrogens is 279 g/mol. The van der Waals surface area contributed by atoms with E-state index in [2.05, 4.69) is 4.74 Å². The van der Waals surface area contributed by atoms with Crippen molar-refractivity contribution in [2.24, 2.45) is 0 Å². The minimum atomic E-state index is -2.79. The van der Waals surface area contributed by atoms with Crippen LogP contribution in [0.4, 0.5) is 14.5 Å². The van der Waals surface area contributed by atoms with Gasteiger partial charge in [0.2, 0.25) is 0 Å². The first-order chi connectivity index (χ1) is 5.59. The van der Waals surface area contributed by atoms with Gasteiger partial charge in [0.05, 0.1) is 0 Å². The van der Waals surface area contributed by atoms with Crippen molar-refractivity contribution >= 4 is 28.3 Å². The number of alkyl halides is 2. The van der Waals surface area contributed by atoms with Crippen LogP contribution in [0.15, 0.2) is 18.2 Å². The summed E-state index contributed by atoms with van der Waals surface area (Å²) in [5, 5.41) is 0. The van der Waals surface area contributed by atoms with E-state index < -0.39 is 6.61 Å². The van der Waals surface area contributed by atoms with Crippen molar-refractivity contribution in [3.8, 4) is 5.75 Å². The monoisotopic (exact) mass is 285 g/mol. The maximum absolute atomic E-state index is 11.7. The third kappa shape index (κ3) is 2.47. The summed E-state index contributed by atoms with van der Waals surface area (Å²) in [5.41, 5.74) is 6.02. The maximum atomic E-state index is 11.7. The van der Waals surface area contributed by atoms with Gasteiger partial charge in [-0.2, -0.15) is 8.78 Å². The topological polar surface area (TPSA) is 35.2 Å². The number of benzene rings is 1. The highest BCUT2D eigenvalue weighted by Crippen LogP contribution is 2.22. The van der Waals surface area contributed by atoms with Crippen LogP contribution in [-0.4, -0.2) is 6.61 Å². The van der Waals surface area contributed by atoms with Crippen LogP contribution in [0.1, 0.15) is 0 Å². The summed E-state index contributed by atoms with van der Waals surface area (Å²) in [6.45, 7) is -2.79. The molecule has 0 fully saturated rings.